The number of fused-ring (bicyclic) bond motifs is 1. The molecule has 3 amide bonds. The number of benzene rings is 1. The summed E-state index contributed by atoms with van der Waals surface area (Å²) >= 11 is 0. The first-order chi connectivity index (χ1) is 10.5. The lowest BCUT2D eigenvalue weighted by Gasteiger charge is -2.17. The number of hydrogen-bond donors (Lipinski definition) is 1. The van der Waals surface area contributed by atoms with Gasteiger partial charge in [0.15, 0.2) is 0 Å². The molecule has 0 spiro atoms. The Labute approximate surface area is 129 Å². The Bertz CT molecular complexity index is 640. The third-order valence-electron chi connectivity index (χ3n) is 3.57. The second kappa shape index (κ2) is 6.53. The Morgan fingerprint density at radius 3 is 2.64 bits per heavy atom. The van der Waals surface area contributed by atoms with Crippen LogP contribution in [0.5, 0.6) is 0 Å². The topological polar surface area (TPSA) is 69.7 Å². The van der Waals surface area contributed by atoms with Crippen molar-refractivity contribution in [1.82, 2.24) is 15.1 Å². The van der Waals surface area contributed by atoms with E-state index in [0.29, 0.717) is 24.2 Å². The summed E-state index contributed by atoms with van der Waals surface area (Å²) in [7, 11) is 3.51. The van der Waals surface area contributed by atoms with Crippen molar-refractivity contribution in [2.75, 3.05) is 33.7 Å². The molecule has 0 fully saturated rings. The molecule has 1 aromatic rings. The highest BCUT2D eigenvalue weighted by Gasteiger charge is 2.35. The molecule has 22 heavy (non-hydrogen) atoms. The van der Waals surface area contributed by atoms with Gasteiger partial charge in [0.2, 0.25) is 0 Å². The average Bonchev–Trinajstić information content (AvgIpc) is 2.76. The summed E-state index contributed by atoms with van der Waals surface area (Å²) < 4.78 is 0. The van der Waals surface area contributed by atoms with Crippen LogP contribution in [0.25, 0.3) is 0 Å². The molecule has 0 saturated carbocycles. The molecule has 0 atom stereocenters. The van der Waals surface area contributed by atoms with Crippen LogP contribution in [0.2, 0.25) is 0 Å². The smallest absolute Gasteiger partial charge is 0.261 e. The van der Waals surface area contributed by atoms with E-state index < -0.39 is 0 Å². The monoisotopic (exact) mass is 301 g/mol. The Morgan fingerprint density at radius 1 is 1.32 bits per heavy atom. The van der Waals surface area contributed by atoms with Crippen LogP contribution >= 0.6 is 0 Å². The second-order valence-electron chi connectivity index (χ2n) is 5.10. The molecule has 0 aliphatic carbocycles. The van der Waals surface area contributed by atoms with Gasteiger partial charge in [-0.1, -0.05) is 6.08 Å². The second-order valence-corrected chi connectivity index (χ2v) is 5.10. The molecule has 1 N–H and O–H groups in total. The number of nitrogens with zero attached hydrogens (tertiary/aromatic N) is 2. The number of likely N-dealkylation sites (N-methyl/N-ethyl adjacent to an activating group) is 2. The quantitative estimate of drug-likeness (QED) is 0.622. The van der Waals surface area contributed by atoms with Gasteiger partial charge in [0.25, 0.3) is 17.7 Å². The number of rotatable bonds is 6. The summed E-state index contributed by atoms with van der Waals surface area (Å²) in [6.07, 6.45) is 1.50. The molecule has 2 rings (SSSR count). The van der Waals surface area contributed by atoms with Crippen molar-refractivity contribution in [3.05, 3.63) is 47.5 Å². The van der Waals surface area contributed by atoms with Crippen molar-refractivity contribution >= 4 is 17.7 Å². The molecule has 1 aromatic carbocycles. The SMILES string of the molecule is C=CCN1C(=O)c2ccc(C(=O)N(C)CCNC)cc2C1=O. The fraction of sp³-hybridized carbons (Fsp3) is 0.312. The van der Waals surface area contributed by atoms with E-state index in [1.165, 1.54) is 18.2 Å². The third-order valence-corrected chi connectivity index (χ3v) is 3.57. The van der Waals surface area contributed by atoms with Crippen molar-refractivity contribution in [3.63, 3.8) is 0 Å². The summed E-state index contributed by atoms with van der Waals surface area (Å²) in [5.41, 5.74) is 1.01. The van der Waals surface area contributed by atoms with Crippen molar-refractivity contribution < 1.29 is 14.4 Å². The van der Waals surface area contributed by atoms with Crippen LogP contribution in [-0.2, 0) is 0 Å². The average molecular weight is 301 g/mol. The summed E-state index contributed by atoms with van der Waals surface area (Å²) in [6.45, 7) is 4.94. The molecular weight excluding hydrogens is 282 g/mol. The van der Waals surface area contributed by atoms with Crippen LogP contribution in [-0.4, -0.2) is 61.3 Å². The molecule has 116 valence electrons. The maximum absolute atomic E-state index is 12.3. The zero-order chi connectivity index (χ0) is 16.3. The van der Waals surface area contributed by atoms with E-state index in [0.717, 1.165) is 4.90 Å². The van der Waals surface area contributed by atoms with E-state index in [9.17, 15) is 14.4 Å². The zero-order valence-corrected chi connectivity index (χ0v) is 12.8. The standard InChI is InChI=1S/C16H19N3O3/c1-4-8-19-15(21)12-6-5-11(10-13(12)16(19)22)14(20)18(3)9-7-17-2/h4-6,10,17H,1,7-9H2,2-3H3. The van der Waals surface area contributed by atoms with Crippen LogP contribution in [0.1, 0.15) is 31.1 Å². The van der Waals surface area contributed by atoms with Gasteiger partial charge in [0.05, 0.1) is 11.1 Å². The largest absolute Gasteiger partial charge is 0.340 e. The molecule has 0 saturated heterocycles. The lowest BCUT2D eigenvalue weighted by molar-refractivity contribution is 0.0671. The highest BCUT2D eigenvalue weighted by molar-refractivity contribution is 6.22. The highest BCUT2D eigenvalue weighted by Crippen LogP contribution is 2.24. The number of imide groups is 1. The lowest BCUT2D eigenvalue weighted by atomic mass is 10.0. The van der Waals surface area contributed by atoms with E-state index >= 15 is 0 Å². The first-order valence-electron chi connectivity index (χ1n) is 7.02. The normalized spacial score (nSPS) is 13.3. The maximum atomic E-state index is 12.3. The van der Waals surface area contributed by atoms with E-state index in [1.807, 2.05) is 7.05 Å². The predicted octanol–water partition coefficient (Wildman–Crippen LogP) is 0.760. The Hall–Kier alpha value is -2.47. The Kier molecular flexibility index (Phi) is 4.72. The molecule has 1 heterocycles. The van der Waals surface area contributed by atoms with E-state index in [-0.39, 0.29) is 29.8 Å². The van der Waals surface area contributed by atoms with Gasteiger partial charge in [0, 0.05) is 32.2 Å². The van der Waals surface area contributed by atoms with Gasteiger partial charge in [-0.2, -0.15) is 0 Å². The van der Waals surface area contributed by atoms with Crippen LogP contribution in [0.4, 0.5) is 0 Å². The minimum Gasteiger partial charge on any atom is -0.340 e. The molecule has 1 aliphatic rings. The number of carbonyl (C=O) groups is 3. The van der Waals surface area contributed by atoms with Crippen molar-refractivity contribution in [2.24, 2.45) is 0 Å². The van der Waals surface area contributed by atoms with Crippen LogP contribution in [0, 0.1) is 0 Å². The van der Waals surface area contributed by atoms with Crippen LogP contribution in [0.15, 0.2) is 30.9 Å². The molecule has 6 nitrogen and oxygen atoms in total. The van der Waals surface area contributed by atoms with Gasteiger partial charge < -0.3 is 10.2 Å². The molecule has 0 bridgehead atoms. The Balaban J connectivity index is 2.27. The highest BCUT2D eigenvalue weighted by atomic mass is 16.2. The minimum atomic E-state index is -0.382. The van der Waals surface area contributed by atoms with Gasteiger partial charge in [-0.05, 0) is 25.2 Å². The molecule has 0 aromatic heterocycles. The van der Waals surface area contributed by atoms with Gasteiger partial charge in [0.1, 0.15) is 0 Å². The fourth-order valence-corrected chi connectivity index (χ4v) is 2.32. The summed E-state index contributed by atoms with van der Waals surface area (Å²) in [5, 5.41) is 2.97. The van der Waals surface area contributed by atoms with Crippen molar-refractivity contribution in [2.45, 2.75) is 0 Å². The number of nitrogens with one attached hydrogen (secondary N) is 1. The van der Waals surface area contributed by atoms with Crippen molar-refractivity contribution in [1.29, 1.82) is 0 Å². The maximum Gasteiger partial charge on any atom is 0.261 e. The first kappa shape index (κ1) is 15.9. The molecule has 1 aliphatic heterocycles. The molecule has 6 heteroatoms. The summed E-state index contributed by atoms with van der Waals surface area (Å²) in [4.78, 5) is 39.4. The number of hydrogen-bond acceptors (Lipinski definition) is 4. The first-order valence-corrected chi connectivity index (χ1v) is 7.02. The van der Waals surface area contributed by atoms with E-state index in [4.69, 9.17) is 0 Å². The minimum absolute atomic E-state index is 0.164. The van der Waals surface area contributed by atoms with Gasteiger partial charge >= 0.3 is 0 Å². The molecule has 0 unspecified atom stereocenters. The lowest BCUT2D eigenvalue weighted by Crippen LogP contribution is -2.32. The molecule has 0 radical (unpaired) electrons. The van der Waals surface area contributed by atoms with Gasteiger partial charge in [-0.3, -0.25) is 19.3 Å². The summed E-state index contributed by atoms with van der Waals surface area (Å²) in [5.74, 6) is -0.907. The Morgan fingerprint density at radius 2 is 2.00 bits per heavy atom. The van der Waals surface area contributed by atoms with Crippen LogP contribution < -0.4 is 5.32 Å². The van der Waals surface area contributed by atoms with E-state index in [1.54, 1.807) is 18.0 Å². The summed E-state index contributed by atoms with van der Waals surface area (Å²) in [6, 6.07) is 4.62. The zero-order valence-electron chi connectivity index (χ0n) is 12.8. The molecular formula is C16H19N3O3. The fourth-order valence-electron chi connectivity index (χ4n) is 2.32. The van der Waals surface area contributed by atoms with Gasteiger partial charge in [-0.25, -0.2) is 0 Å². The van der Waals surface area contributed by atoms with Crippen molar-refractivity contribution in [3.8, 4) is 0 Å². The van der Waals surface area contributed by atoms with Crippen LogP contribution in [0.3, 0.4) is 0 Å². The third kappa shape index (κ3) is 2.78. The number of amides is 3. The predicted molar refractivity (Wildman–Crippen MR) is 82.9 cm³/mol. The van der Waals surface area contributed by atoms with E-state index in [2.05, 4.69) is 11.9 Å². The number of carbonyl (C=O) groups excluding carboxylic acids is 3. The van der Waals surface area contributed by atoms with Gasteiger partial charge in [-0.15, -0.1) is 6.58 Å².